The quantitative estimate of drug-likeness (QED) is 0.510. The Bertz CT molecular complexity index is 1260. The zero-order chi connectivity index (χ0) is 22.1. The molecule has 0 saturated carbocycles. The number of carbonyl (C=O) groups is 1. The number of anilines is 1. The predicted molar refractivity (Wildman–Crippen MR) is 111 cm³/mol. The summed E-state index contributed by atoms with van der Waals surface area (Å²) < 4.78 is 29.8. The molecule has 1 amide bonds. The lowest BCUT2D eigenvalue weighted by Gasteiger charge is -2.06. The molecule has 0 saturated heterocycles. The molecule has 4 rings (SSSR count). The number of nitrogens with zero attached hydrogens (tertiary/aromatic N) is 6. The molecule has 0 bridgehead atoms. The summed E-state index contributed by atoms with van der Waals surface area (Å²) in [5.41, 5.74) is 3.17. The summed E-state index contributed by atoms with van der Waals surface area (Å²) in [4.78, 5) is 21.0. The van der Waals surface area contributed by atoms with Gasteiger partial charge in [-0.3, -0.25) is 10.1 Å². The second-order valence-corrected chi connectivity index (χ2v) is 7.34. The van der Waals surface area contributed by atoms with Crippen molar-refractivity contribution in [3.63, 3.8) is 0 Å². The van der Waals surface area contributed by atoms with Crippen LogP contribution >= 0.6 is 0 Å². The van der Waals surface area contributed by atoms with Crippen molar-refractivity contribution in [2.24, 2.45) is 0 Å². The minimum absolute atomic E-state index is 0.136. The number of rotatable bonds is 6. The number of aromatic nitrogens is 6. The maximum Gasteiger partial charge on any atom is 0.264 e. The van der Waals surface area contributed by atoms with E-state index in [1.807, 2.05) is 31.2 Å². The monoisotopic (exact) mass is 425 g/mol. The molecule has 0 spiro atoms. The van der Waals surface area contributed by atoms with Crippen molar-refractivity contribution >= 4 is 22.9 Å². The molecule has 0 aliphatic heterocycles. The average Bonchev–Trinajstić information content (AvgIpc) is 3.27. The molecule has 0 unspecified atom stereocenters. The Labute approximate surface area is 176 Å². The molecule has 0 radical (unpaired) electrons. The molecule has 0 aliphatic carbocycles. The fraction of sp³-hybridized carbons (Fsp3) is 0.286. The summed E-state index contributed by atoms with van der Waals surface area (Å²) in [6.07, 6.45) is -1.12. The summed E-state index contributed by atoms with van der Waals surface area (Å²) >= 11 is 0. The van der Waals surface area contributed by atoms with Crippen LogP contribution in [0.2, 0.25) is 0 Å². The number of benzene rings is 1. The van der Waals surface area contributed by atoms with E-state index in [1.54, 1.807) is 18.5 Å². The predicted octanol–water partition coefficient (Wildman–Crippen LogP) is 3.57. The molecule has 3 heterocycles. The molecule has 160 valence electrons. The molecule has 3 aromatic heterocycles. The Morgan fingerprint density at radius 2 is 1.94 bits per heavy atom. The van der Waals surface area contributed by atoms with E-state index in [2.05, 4.69) is 25.5 Å². The molecule has 10 heteroatoms. The number of carbonyl (C=O) groups excluding carboxylic acids is 1. The van der Waals surface area contributed by atoms with Gasteiger partial charge in [0, 0.05) is 11.3 Å². The summed E-state index contributed by atoms with van der Waals surface area (Å²) in [7, 11) is 0. The van der Waals surface area contributed by atoms with Crippen molar-refractivity contribution in [1.82, 2.24) is 29.5 Å². The lowest BCUT2D eigenvalue weighted by atomic mass is 10.1. The van der Waals surface area contributed by atoms with Gasteiger partial charge in [-0.25, -0.2) is 28.1 Å². The fourth-order valence-corrected chi connectivity index (χ4v) is 3.49. The number of hydrogen-bond donors (Lipinski definition) is 1. The van der Waals surface area contributed by atoms with Crippen molar-refractivity contribution in [2.75, 3.05) is 5.32 Å². The molecule has 0 fully saturated rings. The molecule has 4 aromatic rings. The fourth-order valence-electron chi connectivity index (χ4n) is 3.49. The van der Waals surface area contributed by atoms with E-state index in [9.17, 15) is 13.6 Å². The van der Waals surface area contributed by atoms with E-state index in [4.69, 9.17) is 0 Å². The van der Waals surface area contributed by atoms with Crippen molar-refractivity contribution in [1.29, 1.82) is 0 Å². The van der Waals surface area contributed by atoms with Crippen LogP contribution in [-0.4, -0.2) is 35.4 Å². The number of aryl methyl sites for hydroxylation is 3. The highest BCUT2D eigenvalue weighted by Crippen LogP contribution is 2.29. The Morgan fingerprint density at radius 3 is 2.68 bits per heavy atom. The molecule has 0 atom stereocenters. The van der Waals surface area contributed by atoms with Gasteiger partial charge in [0.1, 0.15) is 12.9 Å². The van der Waals surface area contributed by atoms with Gasteiger partial charge in [0.25, 0.3) is 6.43 Å². The molecule has 8 nitrogen and oxygen atoms in total. The van der Waals surface area contributed by atoms with Gasteiger partial charge in [0.2, 0.25) is 11.9 Å². The number of halogens is 2. The van der Waals surface area contributed by atoms with Gasteiger partial charge in [-0.15, -0.1) is 5.10 Å². The van der Waals surface area contributed by atoms with Crippen LogP contribution < -0.4 is 5.32 Å². The van der Waals surface area contributed by atoms with Gasteiger partial charge in [0.15, 0.2) is 5.65 Å². The first-order valence-electron chi connectivity index (χ1n) is 9.68. The molecular weight excluding hydrogens is 404 g/mol. The minimum Gasteiger partial charge on any atom is -0.292 e. The van der Waals surface area contributed by atoms with Gasteiger partial charge in [0.05, 0.1) is 17.6 Å². The van der Waals surface area contributed by atoms with Crippen LogP contribution in [0.4, 0.5) is 14.7 Å². The number of hydrogen-bond acceptors (Lipinski definition) is 5. The number of fused-ring (bicyclic) bond motifs is 1. The molecule has 31 heavy (non-hydrogen) atoms. The van der Waals surface area contributed by atoms with Crippen LogP contribution in [0, 0.1) is 20.8 Å². The van der Waals surface area contributed by atoms with E-state index in [-0.39, 0.29) is 29.1 Å². The van der Waals surface area contributed by atoms with Gasteiger partial charge in [-0.2, -0.15) is 5.10 Å². The maximum atomic E-state index is 13.4. The molecular formula is C21H21F2N7O. The zero-order valence-electron chi connectivity index (χ0n) is 17.3. The van der Waals surface area contributed by atoms with E-state index >= 15 is 0 Å². The molecule has 1 aromatic carbocycles. The second kappa shape index (κ2) is 8.21. The van der Waals surface area contributed by atoms with E-state index in [0.717, 1.165) is 11.1 Å². The van der Waals surface area contributed by atoms with Gasteiger partial charge < -0.3 is 0 Å². The second-order valence-electron chi connectivity index (χ2n) is 7.34. The van der Waals surface area contributed by atoms with E-state index in [1.165, 1.54) is 17.1 Å². The van der Waals surface area contributed by atoms with Gasteiger partial charge >= 0.3 is 0 Å². The normalized spacial score (nSPS) is 11.4. The Morgan fingerprint density at radius 1 is 1.16 bits per heavy atom. The third kappa shape index (κ3) is 4.27. The highest BCUT2D eigenvalue weighted by molar-refractivity contribution is 5.90. The lowest BCUT2D eigenvalue weighted by Crippen LogP contribution is -2.20. The van der Waals surface area contributed by atoms with E-state index < -0.39 is 12.3 Å². The Balaban J connectivity index is 1.50. The van der Waals surface area contributed by atoms with Crippen LogP contribution in [0.1, 0.15) is 34.5 Å². The number of nitrogens with one attached hydrogen (secondary N) is 1. The Hall–Kier alpha value is -3.69. The van der Waals surface area contributed by atoms with E-state index in [0.29, 0.717) is 17.9 Å². The Kier molecular flexibility index (Phi) is 5.45. The van der Waals surface area contributed by atoms with Crippen molar-refractivity contribution < 1.29 is 13.6 Å². The zero-order valence-corrected chi connectivity index (χ0v) is 17.3. The van der Waals surface area contributed by atoms with Gasteiger partial charge in [-0.05, 0) is 38.0 Å². The largest absolute Gasteiger partial charge is 0.292 e. The average molecular weight is 425 g/mol. The minimum atomic E-state index is -2.66. The molecule has 0 aliphatic rings. The standard InChI is InChI=1S/C21H21F2N7O/c1-12-6-4-5-7-15(12)9-29-11-24-21(28-29)26-17(31)10-30-20-18(14(3)27-30)16(19(22)23)8-13(2)25-20/h4-8,11,19H,9-10H2,1-3H3,(H,26,28,31). The number of alkyl halides is 2. The SMILES string of the molecule is Cc1cc(C(F)F)c2c(C)nn(CC(=O)Nc3ncn(Cc4ccccc4C)n3)c2n1. The van der Waals surface area contributed by atoms with Crippen LogP contribution in [0.25, 0.3) is 11.0 Å². The lowest BCUT2D eigenvalue weighted by molar-refractivity contribution is -0.116. The maximum absolute atomic E-state index is 13.4. The van der Waals surface area contributed by atoms with Gasteiger partial charge in [-0.1, -0.05) is 24.3 Å². The molecule has 1 N–H and O–H groups in total. The van der Waals surface area contributed by atoms with Crippen LogP contribution in [-0.2, 0) is 17.9 Å². The first kappa shape index (κ1) is 20.6. The van der Waals surface area contributed by atoms with Crippen molar-refractivity contribution in [2.45, 2.75) is 40.3 Å². The first-order valence-corrected chi connectivity index (χ1v) is 9.68. The van der Waals surface area contributed by atoms with Crippen molar-refractivity contribution in [3.8, 4) is 0 Å². The number of amides is 1. The first-order chi connectivity index (χ1) is 14.8. The highest BCUT2D eigenvalue weighted by atomic mass is 19.3. The van der Waals surface area contributed by atoms with Crippen LogP contribution in [0.5, 0.6) is 0 Å². The summed E-state index contributed by atoms with van der Waals surface area (Å²) in [6.45, 7) is 5.59. The third-order valence-electron chi connectivity index (χ3n) is 4.95. The summed E-state index contributed by atoms with van der Waals surface area (Å²) in [5.74, 6) is -0.274. The highest BCUT2D eigenvalue weighted by Gasteiger charge is 2.21. The number of pyridine rings is 1. The van der Waals surface area contributed by atoms with Crippen LogP contribution in [0.3, 0.4) is 0 Å². The smallest absolute Gasteiger partial charge is 0.264 e. The summed E-state index contributed by atoms with van der Waals surface area (Å²) in [6, 6.07) is 9.28. The summed E-state index contributed by atoms with van der Waals surface area (Å²) in [5, 5.41) is 11.4. The third-order valence-corrected chi connectivity index (χ3v) is 4.95. The van der Waals surface area contributed by atoms with Crippen molar-refractivity contribution in [3.05, 3.63) is 64.7 Å². The van der Waals surface area contributed by atoms with Crippen LogP contribution in [0.15, 0.2) is 36.7 Å². The topological polar surface area (TPSA) is 90.5 Å².